The fourth-order valence-electron chi connectivity index (χ4n) is 2.58. The maximum Gasteiger partial charge on any atom is 0.171 e. The van der Waals surface area contributed by atoms with Crippen molar-refractivity contribution in [3.8, 4) is 23.0 Å². The molecule has 2 aromatic carbocycles. The van der Waals surface area contributed by atoms with Gasteiger partial charge in [-0.15, -0.1) is 0 Å². The Morgan fingerprint density at radius 2 is 1.88 bits per heavy atom. The van der Waals surface area contributed by atoms with Crippen LogP contribution in [0.25, 0.3) is 0 Å². The van der Waals surface area contributed by atoms with E-state index in [1.807, 2.05) is 43.3 Å². The number of nitrogens with one attached hydrogen (secondary N) is 2. The molecular weight excluding hydrogens is 352 g/mol. The number of rotatable bonds is 6. The largest absolute Gasteiger partial charge is 0.493 e. The second kappa shape index (κ2) is 8.62. The molecular formula is C19H22N2O4S. The lowest BCUT2D eigenvalue weighted by Crippen LogP contribution is -2.28. The Hall–Kier alpha value is -2.67. The fourth-order valence-corrected chi connectivity index (χ4v) is 2.77. The molecule has 26 heavy (non-hydrogen) atoms. The lowest BCUT2D eigenvalue weighted by atomic mass is 10.2. The first-order chi connectivity index (χ1) is 12.7. The number of ether oxygens (including phenoxy) is 4. The number of thiocarbonyl (C=S) groups is 1. The van der Waals surface area contributed by atoms with Crippen LogP contribution in [0.1, 0.15) is 12.5 Å². The van der Waals surface area contributed by atoms with Crippen LogP contribution in [-0.4, -0.2) is 32.0 Å². The van der Waals surface area contributed by atoms with Gasteiger partial charge in [-0.05, 0) is 49.0 Å². The van der Waals surface area contributed by atoms with Crippen LogP contribution in [0.3, 0.4) is 0 Å². The van der Waals surface area contributed by atoms with Crippen LogP contribution >= 0.6 is 12.2 Å². The Morgan fingerprint density at radius 3 is 2.65 bits per heavy atom. The molecule has 2 aromatic rings. The molecule has 0 atom stereocenters. The molecule has 0 amide bonds. The highest BCUT2D eigenvalue weighted by atomic mass is 32.1. The summed E-state index contributed by atoms with van der Waals surface area (Å²) in [6.45, 7) is 4.22. The summed E-state index contributed by atoms with van der Waals surface area (Å²) in [6.07, 6.45) is 0. The fraction of sp³-hybridized carbons (Fsp3) is 0.316. The maximum absolute atomic E-state index is 5.60. The zero-order valence-corrected chi connectivity index (χ0v) is 15.7. The summed E-state index contributed by atoms with van der Waals surface area (Å²) in [5, 5.41) is 6.86. The molecule has 0 bridgehead atoms. The highest BCUT2D eigenvalue weighted by Gasteiger charge is 2.12. The van der Waals surface area contributed by atoms with E-state index in [9.17, 15) is 0 Å². The van der Waals surface area contributed by atoms with Gasteiger partial charge in [-0.25, -0.2) is 0 Å². The summed E-state index contributed by atoms with van der Waals surface area (Å²) >= 11 is 5.37. The van der Waals surface area contributed by atoms with Crippen molar-refractivity contribution in [1.82, 2.24) is 5.32 Å². The van der Waals surface area contributed by atoms with Gasteiger partial charge >= 0.3 is 0 Å². The molecule has 2 N–H and O–H groups in total. The average Bonchev–Trinajstić information content (AvgIpc) is 2.67. The third-order valence-corrected chi connectivity index (χ3v) is 4.03. The molecule has 1 heterocycles. The average molecular weight is 374 g/mol. The molecule has 1 aliphatic rings. The molecule has 0 spiro atoms. The van der Waals surface area contributed by atoms with Gasteiger partial charge in [0.2, 0.25) is 0 Å². The highest BCUT2D eigenvalue weighted by molar-refractivity contribution is 7.80. The van der Waals surface area contributed by atoms with E-state index >= 15 is 0 Å². The molecule has 6 nitrogen and oxygen atoms in total. The Bertz CT molecular complexity index is 782. The Morgan fingerprint density at radius 1 is 1.08 bits per heavy atom. The van der Waals surface area contributed by atoms with Crippen LogP contribution in [0, 0.1) is 0 Å². The molecule has 0 fully saturated rings. The van der Waals surface area contributed by atoms with E-state index in [1.54, 1.807) is 7.11 Å². The van der Waals surface area contributed by atoms with Crippen LogP contribution in [-0.2, 0) is 6.54 Å². The molecule has 138 valence electrons. The lowest BCUT2D eigenvalue weighted by molar-refractivity contribution is 0.171. The first-order valence-corrected chi connectivity index (χ1v) is 8.84. The Labute approximate surface area is 158 Å². The van der Waals surface area contributed by atoms with Gasteiger partial charge in [0, 0.05) is 18.3 Å². The van der Waals surface area contributed by atoms with Crippen molar-refractivity contribution in [1.29, 1.82) is 0 Å². The number of fused-ring (bicyclic) bond motifs is 1. The molecule has 0 aromatic heterocycles. The number of methoxy groups -OCH3 is 1. The third-order valence-electron chi connectivity index (χ3n) is 3.78. The zero-order valence-electron chi connectivity index (χ0n) is 14.8. The second-order valence-electron chi connectivity index (χ2n) is 5.58. The zero-order chi connectivity index (χ0) is 18.4. The van der Waals surface area contributed by atoms with Gasteiger partial charge in [0.15, 0.2) is 28.1 Å². The molecule has 0 saturated carbocycles. The molecule has 0 radical (unpaired) electrons. The van der Waals surface area contributed by atoms with Gasteiger partial charge in [-0.1, -0.05) is 6.07 Å². The van der Waals surface area contributed by atoms with Gasteiger partial charge in [0.05, 0.1) is 13.7 Å². The molecule has 0 unspecified atom stereocenters. The van der Waals surface area contributed by atoms with E-state index in [2.05, 4.69) is 10.6 Å². The number of hydrogen-bond donors (Lipinski definition) is 2. The molecule has 0 aliphatic carbocycles. The van der Waals surface area contributed by atoms with Crippen LogP contribution in [0.5, 0.6) is 23.0 Å². The van der Waals surface area contributed by atoms with Gasteiger partial charge in [0.1, 0.15) is 13.2 Å². The second-order valence-corrected chi connectivity index (χ2v) is 5.99. The first-order valence-electron chi connectivity index (χ1n) is 8.44. The van der Waals surface area contributed by atoms with E-state index < -0.39 is 0 Å². The standard InChI is InChI=1S/C19H22N2O4S/c1-3-23-17-10-13(4-6-15(17)22-2)12-20-19(26)21-14-5-7-16-18(11-14)25-9-8-24-16/h4-7,10-11H,3,8-9,12H2,1-2H3,(H2,20,21,26). The summed E-state index contributed by atoms with van der Waals surface area (Å²) < 4.78 is 22.0. The van der Waals surface area contributed by atoms with Crippen molar-refractivity contribution in [2.45, 2.75) is 13.5 Å². The topological polar surface area (TPSA) is 61.0 Å². The summed E-state index contributed by atoms with van der Waals surface area (Å²) in [4.78, 5) is 0. The van der Waals surface area contributed by atoms with E-state index in [0.29, 0.717) is 37.2 Å². The molecule has 7 heteroatoms. The summed E-state index contributed by atoms with van der Waals surface area (Å²) in [5.41, 5.74) is 1.89. The minimum atomic E-state index is 0.524. The van der Waals surface area contributed by atoms with Crippen molar-refractivity contribution >= 4 is 23.0 Å². The summed E-state index contributed by atoms with van der Waals surface area (Å²) in [6, 6.07) is 11.5. The molecule has 1 aliphatic heterocycles. The van der Waals surface area contributed by atoms with E-state index in [0.717, 1.165) is 28.5 Å². The first kappa shape index (κ1) is 18.1. The normalized spacial score (nSPS) is 12.2. The van der Waals surface area contributed by atoms with Crippen LogP contribution < -0.4 is 29.6 Å². The summed E-state index contributed by atoms with van der Waals surface area (Å²) in [5.74, 6) is 2.91. The van der Waals surface area contributed by atoms with E-state index in [1.165, 1.54) is 0 Å². The monoisotopic (exact) mass is 374 g/mol. The van der Waals surface area contributed by atoms with Gasteiger partial charge in [-0.2, -0.15) is 0 Å². The SMILES string of the molecule is CCOc1cc(CNC(=S)Nc2ccc3c(c2)OCCO3)ccc1OC. The predicted octanol–water partition coefficient (Wildman–Crippen LogP) is 3.35. The Kier molecular flexibility index (Phi) is 6.01. The van der Waals surface area contributed by atoms with Crippen molar-refractivity contribution in [3.05, 3.63) is 42.0 Å². The third kappa shape index (κ3) is 4.49. The highest BCUT2D eigenvalue weighted by Crippen LogP contribution is 2.32. The van der Waals surface area contributed by atoms with Crippen LogP contribution in [0.15, 0.2) is 36.4 Å². The van der Waals surface area contributed by atoms with Crippen molar-refractivity contribution in [3.63, 3.8) is 0 Å². The number of hydrogen-bond acceptors (Lipinski definition) is 5. The quantitative estimate of drug-likeness (QED) is 0.752. The molecule has 3 rings (SSSR count). The minimum absolute atomic E-state index is 0.524. The smallest absolute Gasteiger partial charge is 0.171 e. The number of anilines is 1. The van der Waals surface area contributed by atoms with E-state index in [4.69, 9.17) is 31.2 Å². The Balaban J connectivity index is 1.58. The molecule has 0 saturated heterocycles. The van der Waals surface area contributed by atoms with Crippen LogP contribution in [0.4, 0.5) is 5.69 Å². The van der Waals surface area contributed by atoms with Crippen molar-refractivity contribution in [2.75, 3.05) is 32.2 Å². The van der Waals surface area contributed by atoms with Gasteiger partial charge < -0.3 is 29.6 Å². The maximum atomic E-state index is 5.60. The van der Waals surface area contributed by atoms with Crippen molar-refractivity contribution < 1.29 is 18.9 Å². The predicted molar refractivity (Wildman–Crippen MR) is 105 cm³/mol. The lowest BCUT2D eigenvalue weighted by Gasteiger charge is -2.19. The van der Waals surface area contributed by atoms with Gasteiger partial charge in [-0.3, -0.25) is 0 Å². The number of benzene rings is 2. The van der Waals surface area contributed by atoms with Crippen molar-refractivity contribution in [2.24, 2.45) is 0 Å². The van der Waals surface area contributed by atoms with Gasteiger partial charge in [0.25, 0.3) is 0 Å². The van der Waals surface area contributed by atoms with E-state index in [-0.39, 0.29) is 0 Å². The van der Waals surface area contributed by atoms with Crippen LogP contribution in [0.2, 0.25) is 0 Å². The minimum Gasteiger partial charge on any atom is -0.493 e. The summed E-state index contributed by atoms with van der Waals surface area (Å²) in [7, 11) is 1.63.